The lowest BCUT2D eigenvalue weighted by molar-refractivity contribution is -0.119. The van der Waals surface area contributed by atoms with Gasteiger partial charge in [0, 0.05) is 14.0 Å². The SMILES string of the molecule is CC(=O)NNS(=O)(=O)c1c(C)nn(C)c1C. The molecule has 0 fully saturated rings. The average molecular weight is 246 g/mol. The molecule has 8 heteroatoms. The third kappa shape index (κ3) is 2.39. The Morgan fingerprint density at radius 2 is 1.94 bits per heavy atom. The number of aromatic nitrogens is 2. The molecule has 90 valence electrons. The van der Waals surface area contributed by atoms with Gasteiger partial charge in [-0.05, 0) is 13.8 Å². The summed E-state index contributed by atoms with van der Waals surface area (Å²) < 4.78 is 25.1. The Labute approximate surface area is 93.9 Å². The molecule has 7 nitrogen and oxygen atoms in total. The molecule has 0 aliphatic carbocycles. The molecule has 0 saturated heterocycles. The number of carbonyl (C=O) groups is 1. The molecule has 1 aromatic rings. The van der Waals surface area contributed by atoms with E-state index in [0.29, 0.717) is 11.4 Å². The molecule has 1 rings (SSSR count). The van der Waals surface area contributed by atoms with Crippen molar-refractivity contribution in [2.75, 3.05) is 0 Å². The summed E-state index contributed by atoms with van der Waals surface area (Å²) in [4.78, 5) is 12.7. The van der Waals surface area contributed by atoms with Crippen LogP contribution in [0.1, 0.15) is 18.3 Å². The number of sulfonamides is 1. The maximum Gasteiger partial charge on any atom is 0.261 e. The van der Waals surface area contributed by atoms with E-state index >= 15 is 0 Å². The van der Waals surface area contributed by atoms with Gasteiger partial charge in [-0.1, -0.05) is 0 Å². The van der Waals surface area contributed by atoms with Crippen molar-refractivity contribution < 1.29 is 13.2 Å². The number of hydrogen-bond acceptors (Lipinski definition) is 4. The highest BCUT2D eigenvalue weighted by Gasteiger charge is 2.23. The van der Waals surface area contributed by atoms with Crippen molar-refractivity contribution in [2.45, 2.75) is 25.7 Å². The third-order valence-electron chi connectivity index (χ3n) is 2.07. The highest BCUT2D eigenvalue weighted by atomic mass is 32.2. The van der Waals surface area contributed by atoms with E-state index in [4.69, 9.17) is 0 Å². The number of aryl methyl sites for hydroxylation is 2. The van der Waals surface area contributed by atoms with Crippen molar-refractivity contribution in [1.29, 1.82) is 0 Å². The van der Waals surface area contributed by atoms with Gasteiger partial charge >= 0.3 is 0 Å². The minimum atomic E-state index is -3.76. The maximum absolute atomic E-state index is 11.8. The van der Waals surface area contributed by atoms with E-state index in [1.807, 2.05) is 10.3 Å². The standard InChI is InChI=1S/C8H14N4O3S/c1-5-8(6(2)12(4)10-5)16(14,15)11-9-7(3)13/h11H,1-4H3,(H,9,13). The summed E-state index contributed by atoms with van der Waals surface area (Å²) >= 11 is 0. The van der Waals surface area contributed by atoms with E-state index < -0.39 is 15.9 Å². The van der Waals surface area contributed by atoms with Crippen molar-refractivity contribution >= 4 is 15.9 Å². The molecule has 1 aromatic heterocycles. The van der Waals surface area contributed by atoms with Gasteiger partial charge in [0.25, 0.3) is 10.0 Å². The molecule has 0 radical (unpaired) electrons. The van der Waals surface area contributed by atoms with Gasteiger partial charge in [0.15, 0.2) is 0 Å². The molecule has 0 aromatic carbocycles. The largest absolute Gasteiger partial charge is 0.278 e. The lowest BCUT2D eigenvalue weighted by atomic mass is 10.4. The van der Waals surface area contributed by atoms with Crippen LogP contribution in [0.3, 0.4) is 0 Å². The van der Waals surface area contributed by atoms with E-state index in [1.165, 1.54) is 11.6 Å². The zero-order valence-electron chi connectivity index (χ0n) is 9.53. The van der Waals surface area contributed by atoms with E-state index in [0.717, 1.165) is 0 Å². The van der Waals surface area contributed by atoms with Crippen molar-refractivity contribution in [3.63, 3.8) is 0 Å². The predicted molar refractivity (Wildman–Crippen MR) is 56.8 cm³/mol. The van der Waals surface area contributed by atoms with Gasteiger partial charge in [0.2, 0.25) is 5.91 Å². The van der Waals surface area contributed by atoms with Gasteiger partial charge in [-0.25, -0.2) is 8.42 Å². The average Bonchev–Trinajstić information content (AvgIpc) is 2.38. The molecule has 0 unspecified atom stereocenters. The van der Waals surface area contributed by atoms with Crippen molar-refractivity contribution in [2.24, 2.45) is 7.05 Å². The fourth-order valence-corrected chi connectivity index (χ4v) is 2.66. The van der Waals surface area contributed by atoms with E-state index in [-0.39, 0.29) is 4.90 Å². The first kappa shape index (κ1) is 12.7. The summed E-state index contributed by atoms with van der Waals surface area (Å²) in [6, 6.07) is 0. The van der Waals surface area contributed by atoms with E-state index in [2.05, 4.69) is 5.10 Å². The molecule has 0 atom stereocenters. The van der Waals surface area contributed by atoms with Crippen LogP contribution in [0.5, 0.6) is 0 Å². The number of nitrogens with one attached hydrogen (secondary N) is 2. The van der Waals surface area contributed by atoms with Gasteiger partial charge in [0.05, 0.1) is 11.4 Å². The number of carbonyl (C=O) groups excluding carboxylic acids is 1. The quantitative estimate of drug-likeness (QED) is 0.694. The first-order valence-electron chi connectivity index (χ1n) is 4.54. The zero-order valence-corrected chi connectivity index (χ0v) is 10.3. The molecular weight excluding hydrogens is 232 g/mol. The van der Waals surface area contributed by atoms with Crippen molar-refractivity contribution in [3.8, 4) is 0 Å². The van der Waals surface area contributed by atoms with Gasteiger partial charge in [-0.15, -0.1) is 4.83 Å². The lowest BCUT2D eigenvalue weighted by Gasteiger charge is -2.06. The monoisotopic (exact) mass is 246 g/mol. The van der Waals surface area contributed by atoms with E-state index in [9.17, 15) is 13.2 Å². The normalized spacial score (nSPS) is 11.5. The van der Waals surface area contributed by atoms with Crippen LogP contribution in [0.4, 0.5) is 0 Å². The van der Waals surface area contributed by atoms with Crippen LogP contribution in [-0.4, -0.2) is 24.1 Å². The minimum Gasteiger partial charge on any atom is -0.278 e. The zero-order chi connectivity index (χ0) is 12.5. The Balaban J connectivity index is 3.12. The first-order chi connectivity index (χ1) is 7.25. The summed E-state index contributed by atoms with van der Waals surface area (Å²) in [7, 11) is -2.11. The van der Waals surface area contributed by atoms with Gasteiger partial charge in [-0.3, -0.25) is 14.9 Å². The highest BCUT2D eigenvalue weighted by Crippen LogP contribution is 2.17. The fraction of sp³-hybridized carbons (Fsp3) is 0.500. The van der Waals surface area contributed by atoms with Crippen LogP contribution < -0.4 is 10.3 Å². The molecule has 1 amide bonds. The number of hydrazine groups is 1. The molecule has 2 N–H and O–H groups in total. The van der Waals surface area contributed by atoms with Gasteiger partial charge in [0.1, 0.15) is 4.90 Å². The number of amides is 1. The Hall–Kier alpha value is -1.41. The summed E-state index contributed by atoms with van der Waals surface area (Å²) in [6.07, 6.45) is 0. The van der Waals surface area contributed by atoms with Crippen molar-refractivity contribution in [1.82, 2.24) is 20.0 Å². The van der Waals surface area contributed by atoms with Crippen LogP contribution in [0, 0.1) is 13.8 Å². The lowest BCUT2D eigenvalue weighted by Crippen LogP contribution is -2.40. The van der Waals surface area contributed by atoms with Crippen LogP contribution in [0.2, 0.25) is 0 Å². The smallest absolute Gasteiger partial charge is 0.261 e. The second-order valence-electron chi connectivity index (χ2n) is 3.41. The van der Waals surface area contributed by atoms with E-state index in [1.54, 1.807) is 20.9 Å². The molecule has 0 aliphatic rings. The Kier molecular flexibility index (Phi) is 3.34. The summed E-state index contributed by atoms with van der Waals surface area (Å²) in [5.41, 5.74) is 2.93. The molecular formula is C8H14N4O3S. The fourth-order valence-electron chi connectivity index (χ4n) is 1.33. The molecule has 0 bridgehead atoms. The number of hydrogen-bond donors (Lipinski definition) is 2. The van der Waals surface area contributed by atoms with Crippen LogP contribution in [-0.2, 0) is 21.9 Å². The molecule has 1 heterocycles. The molecule has 16 heavy (non-hydrogen) atoms. The maximum atomic E-state index is 11.8. The predicted octanol–water partition coefficient (Wildman–Crippen LogP) is -0.634. The molecule has 0 aliphatic heterocycles. The van der Waals surface area contributed by atoms with Gasteiger partial charge < -0.3 is 0 Å². The number of rotatable bonds is 3. The van der Waals surface area contributed by atoms with Crippen LogP contribution >= 0.6 is 0 Å². The van der Waals surface area contributed by atoms with Crippen LogP contribution in [0.25, 0.3) is 0 Å². The Bertz CT molecular complexity index is 518. The minimum absolute atomic E-state index is 0.0868. The molecule has 0 saturated carbocycles. The summed E-state index contributed by atoms with van der Waals surface area (Å²) in [6.45, 7) is 4.45. The first-order valence-corrected chi connectivity index (χ1v) is 6.02. The number of nitrogens with zero attached hydrogens (tertiary/aromatic N) is 2. The third-order valence-corrected chi connectivity index (χ3v) is 3.57. The Morgan fingerprint density at radius 1 is 1.38 bits per heavy atom. The van der Waals surface area contributed by atoms with Crippen LogP contribution in [0.15, 0.2) is 4.90 Å². The summed E-state index contributed by atoms with van der Waals surface area (Å²) in [5.74, 6) is -0.484. The second-order valence-corrected chi connectivity index (χ2v) is 5.03. The topological polar surface area (TPSA) is 93.1 Å². The Morgan fingerprint density at radius 3 is 2.31 bits per heavy atom. The summed E-state index contributed by atoms with van der Waals surface area (Å²) in [5, 5.41) is 3.99. The van der Waals surface area contributed by atoms with Gasteiger partial charge in [-0.2, -0.15) is 5.10 Å². The van der Waals surface area contributed by atoms with Crippen molar-refractivity contribution in [3.05, 3.63) is 11.4 Å². The molecule has 0 spiro atoms. The highest BCUT2D eigenvalue weighted by molar-refractivity contribution is 7.89. The second kappa shape index (κ2) is 4.22.